The summed E-state index contributed by atoms with van der Waals surface area (Å²) >= 11 is 0. The maximum absolute atomic E-state index is 13.2. The van der Waals surface area contributed by atoms with Crippen LogP contribution in [-0.2, 0) is 16.7 Å². The summed E-state index contributed by atoms with van der Waals surface area (Å²) in [6, 6.07) is 13.4. The molecule has 258 valence electrons. The second-order valence-electron chi connectivity index (χ2n) is 14.0. The smallest absolute Gasteiger partial charge is 0.320 e. The van der Waals surface area contributed by atoms with Crippen molar-refractivity contribution in [3.05, 3.63) is 65.5 Å². The van der Waals surface area contributed by atoms with Gasteiger partial charge >= 0.3 is 6.03 Å². The number of nitrogens with one attached hydrogen (secondary N) is 2. The molecule has 2 aliphatic rings. The summed E-state index contributed by atoms with van der Waals surface area (Å²) < 4.78 is 16.4. The van der Waals surface area contributed by atoms with Gasteiger partial charge in [-0.05, 0) is 63.0 Å². The lowest BCUT2D eigenvalue weighted by molar-refractivity contribution is 0.0292. The summed E-state index contributed by atoms with van der Waals surface area (Å²) in [5.74, 6) is 2.11. The van der Waals surface area contributed by atoms with Crippen molar-refractivity contribution in [2.75, 3.05) is 57.2 Å². The first-order valence-corrected chi connectivity index (χ1v) is 17.0. The Morgan fingerprint density at radius 2 is 1.81 bits per heavy atom. The van der Waals surface area contributed by atoms with Gasteiger partial charge in [0.25, 0.3) is 0 Å². The molecular weight excluding hydrogens is 610 g/mol. The summed E-state index contributed by atoms with van der Waals surface area (Å²) in [6.45, 7) is 9.81. The molecule has 1 aliphatic carbocycles. The molecule has 3 aromatic heterocycles. The third-order valence-electron chi connectivity index (χ3n) is 9.10. The van der Waals surface area contributed by atoms with Gasteiger partial charge in [0, 0.05) is 31.1 Å². The van der Waals surface area contributed by atoms with E-state index in [-0.39, 0.29) is 36.3 Å². The van der Waals surface area contributed by atoms with Gasteiger partial charge in [-0.3, -0.25) is 9.72 Å². The molecule has 0 saturated carbocycles. The summed E-state index contributed by atoms with van der Waals surface area (Å²) in [4.78, 5) is 17.7. The van der Waals surface area contributed by atoms with Gasteiger partial charge in [0.2, 0.25) is 5.95 Å². The predicted molar refractivity (Wildman–Crippen MR) is 185 cm³/mol. The Labute approximate surface area is 282 Å². The monoisotopic (exact) mass is 659 g/mol. The van der Waals surface area contributed by atoms with Gasteiger partial charge < -0.3 is 29.7 Å². The van der Waals surface area contributed by atoms with Crippen LogP contribution in [0.15, 0.2) is 48.7 Å². The first kappa shape index (κ1) is 33.7. The Bertz CT molecular complexity index is 1690. The molecule has 48 heavy (non-hydrogen) atoms. The largest absolute Gasteiger partial charge is 0.484 e. The quantitative estimate of drug-likeness (QED) is 0.212. The van der Waals surface area contributed by atoms with Crippen LogP contribution >= 0.6 is 0 Å². The highest BCUT2D eigenvalue weighted by molar-refractivity contribution is 5.88. The van der Waals surface area contributed by atoms with Gasteiger partial charge in [-0.1, -0.05) is 45.0 Å². The summed E-state index contributed by atoms with van der Waals surface area (Å²) in [5, 5.41) is 29.2. The summed E-state index contributed by atoms with van der Waals surface area (Å²) in [7, 11) is 4.12. The number of rotatable bonds is 11. The molecule has 0 spiro atoms. The number of pyridine rings is 1. The van der Waals surface area contributed by atoms with Gasteiger partial charge in [-0.2, -0.15) is 5.10 Å². The Kier molecular flexibility index (Phi) is 10.2. The van der Waals surface area contributed by atoms with Crippen LogP contribution in [0, 0.1) is 0 Å². The number of aliphatic hydroxyl groups is 1. The maximum atomic E-state index is 13.2. The van der Waals surface area contributed by atoms with Gasteiger partial charge in [-0.25, -0.2) is 9.48 Å². The Hall–Kier alpha value is -4.20. The Balaban J connectivity index is 1.11. The van der Waals surface area contributed by atoms with Crippen LogP contribution < -0.4 is 20.3 Å². The van der Waals surface area contributed by atoms with E-state index in [9.17, 15) is 9.90 Å². The molecule has 2 atom stereocenters. The molecule has 4 heterocycles. The van der Waals surface area contributed by atoms with Crippen molar-refractivity contribution in [3.8, 4) is 5.75 Å². The average molecular weight is 660 g/mol. The number of aromatic nitrogens is 5. The van der Waals surface area contributed by atoms with E-state index in [2.05, 4.69) is 82.7 Å². The molecule has 1 aromatic carbocycles. The molecular formula is C35H49N9O4. The third-order valence-corrected chi connectivity index (χ3v) is 9.10. The number of likely N-dealkylation sites (N-methyl/N-ethyl adjacent to an activating group) is 1. The number of carbonyl (C=O) groups is 1. The minimum atomic E-state index is -0.316. The molecule has 2 amide bonds. The fraction of sp³-hybridized carbons (Fsp3) is 0.543. The van der Waals surface area contributed by atoms with Gasteiger partial charge in [0.1, 0.15) is 17.7 Å². The molecule has 13 heteroatoms. The minimum Gasteiger partial charge on any atom is -0.484 e. The van der Waals surface area contributed by atoms with Crippen LogP contribution in [0.3, 0.4) is 0 Å². The number of amides is 2. The molecule has 1 aliphatic heterocycles. The normalized spacial score (nSPS) is 18.7. The van der Waals surface area contributed by atoms with E-state index in [0.29, 0.717) is 18.8 Å². The molecule has 1 fully saturated rings. The van der Waals surface area contributed by atoms with Crippen LogP contribution in [0.4, 0.5) is 16.6 Å². The fourth-order valence-corrected chi connectivity index (χ4v) is 6.42. The number of anilines is 2. The molecule has 13 nitrogen and oxygen atoms in total. The van der Waals surface area contributed by atoms with Crippen molar-refractivity contribution < 1.29 is 19.4 Å². The number of ether oxygens (including phenoxy) is 2. The second-order valence-corrected chi connectivity index (χ2v) is 14.0. The number of hydrogen-bond donors (Lipinski definition) is 3. The first-order valence-electron chi connectivity index (χ1n) is 17.0. The highest BCUT2D eigenvalue weighted by Gasteiger charge is 2.30. The van der Waals surface area contributed by atoms with Crippen molar-refractivity contribution in [1.29, 1.82) is 0 Å². The second kappa shape index (κ2) is 14.5. The van der Waals surface area contributed by atoms with E-state index in [1.54, 1.807) is 4.68 Å². The topological polar surface area (TPSA) is 134 Å². The first-order chi connectivity index (χ1) is 23.1. The van der Waals surface area contributed by atoms with Crippen LogP contribution in [0.1, 0.15) is 75.4 Å². The van der Waals surface area contributed by atoms with Crippen LogP contribution in [0.2, 0.25) is 0 Å². The number of nitrogens with zero attached hydrogens (tertiary/aromatic N) is 7. The van der Waals surface area contributed by atoms with Crippen LogP contribution in [0.5, 0.6) is 5.75 Å². The zero-order valence-electron chi connectivity index (χ0n) is 28.7. The van der Waals surface area contributed by atoms with E-state index in [4.69, 9.17) is 9.47 Å². The van der Waals surface area contributed by atoms with Crippen molar-refractivity contribution in [1.82, 2.24) is 34.6 Å². The lowest BCUT2D eigenvalue weighted by Gasteiger charge is -2.33. The van der Waals surface area contributed by atoms with Crippen LogP contribution in [0.25, 0.3) is 5.65 Å². The summed E-state index contributed by atoms with van der Waals surface area (Å²) in [5.41, 5.74) is 3.51. The van der Waals surface area contributed by atoms with E-state index in [1.165, 1.54) is 0 Å². The number of hydrogen-bond acceptors (Lipinski definition) is 9. The van der Waals surface area contributed by atoms with Gasteiger partial charge in [-0.15, -0.1) is 10.2 Å². The third kappa shape index (κ3) is 7.74. The molecule has 0 bridgehead atoms. The van der Waals surface area contributed by atoms with Crippen molar-refractivity contribution in [2.45, 2.75) is 76.7 Å². The number of benzene rings is 1. The van der Waals surface area contributed by atoms with E-state index in [0.717, 1.165) is 79.7 Å². The molecule has 0 unspecified atom stereocenters. The number of fused-ring (bicyclic) bond motifs is 2. The minimum absolute atomic E-state index is 0.0732. The lowest BCUT2D eigenvalue weighted by Crippen LogP contribution is -2.38. The zero-order valence-corrected chi connectivity index (χ0v) is 28.7. The van der Waals surface area contributed by atoms with E-state index >= 15 is 0 Å². The number of carbonyl (C=O) groups excluding carboxylic acids is 1. The zero-order chi connectivity index (χ0) is 33.8. The average Bonchev–Trinajstić information content (AvgIpc) is 3.67. The molecule has 1 saturated heterocycles. The Morgan fingerprint density at radius 3 is 2.54 bits per heavy atom. The van der Waals surface area contributed by atoms with Crippen molar-refractivity contribution in [2.24, 2.45) is 0 Å². The van der Waals surface area contributed by atoms with E-state index in [1.807, 2.05) is 40.9 Å². The highest BCUT2D eigenvalue weighted by atomic mass is 16.5. The van der Waals surface area contributed by atoms with Crippen molar-refractivity contribution in [3.63, 3.8) is 0 Å². The number of aliphatic hydroxyl groups excluding tert-OH is 1. The molecule has 4 aromatic rings. The van der Waals surface area contributed by atoms with Crippen molar-refractivity contribution >= 4 is 23.4 Å². The lowest BCUT2D eigenvalue weighted by atomic mass is 9.85. The number of piperidine rings is 1. The highest BCUT2D eigenvalue weighted by Crippen LogP contribution is 2.39. The standard InChI is InChI=1S/C35H49N9O4/c1-35(2,3)30-22-32(44(40-30)18-20-45)37-33(46)36-28-11-12-29(27-9-7-6-8-26(27)28)48-25-10-13-31-38-39-34(43(31)23-25)42-16-14-24(15-17-42)47-21-19-41(4)5/h6-10,13,22-24,28-29,45H,11-12,14-21H2,1-5H3,(H2,36,37,46)/t28-,29+/m0/s1. The molecule has 6 rings (SSSR count). The molecule has 3 N–H and O–H groups in total. The molecule has 0 radical (unpaired) electrons. The van der Waals surface area contributed by atoms with Gasteiger partial charge in [0.15, 0.2) is 5.65 Å². The fourth-order valence-electron chi connectivity index (χ4n) is 6.42. The summed E-state index contributed by atoms with van der Waals surface area (Å²) in [6.07, 6.45) is 5.42. The van der Waals surface area contributed by atoms with E-state index < -0.39 is 0 Å². The SMILES string of the molecule is CN(C)CCOC1CCN(c2nnc3ccc(O[C@@H]4CC[C@H](NC(=O)Nc5cc(C(C)(C)C)nn5CCO)c5ccccc54)cn23)CC1. The maximum Gasteiger partial charge on any atom is 0.320 e. The predicted octanol–water partition coefficient (Wildman–Crippen LogP) is 4.54. The Morgan fingerprint density at radius 1 is 1.04 bits per heavy atom. The van der Waals surface area contributed by atoms with Gasteiger partial charge in [0.05, 0.1) is 43.8 Å². The van der Waals surface area contributed by atoms with Crippen LogP contribution in [-0.4, -0.2) is 93.5 Å². The number of urea groups is 1.